The SMILES string of the molecule is C=C(CSCCCC)C(=O)O. The molecule has 0 spiro atoms. The highest BCUT2D eigenvalue weighted by Gasteiger charge is 2.02. The van der Waals surface area contributed by atoms with Gasteiger partial charge in [0.25, 0.3) is 0 Å². The van der Waals surface area contributed by atoms with Crippen LogP contribution < -0.4 is 0 Å². The quantitative estimate of drug-likeness (QED) is 0.495. The largest absolute Gasteiger partial charge is 0.478 e. The van der Waals surface area contributed by atoms with Crippen LogP contribution in [-0.4, -0.2) is 22.6 Å². The first-order valence-electron chi connectivity index (χ1n) is 3.67. The van der Waals surface area contributed by atoms with E-state index < -0.39 is 5.97 Å². The summed E-state index contributed by atoms with van der Waals surface area (Å²) in [7, 11) is 0. The van der Waals surface area contributed by atoms with E-state index in [1.165, 1.54) is 0 Å². The highest BCUT2D eigenvalue weighted by molar-refractivity contribution is 7.99. The third kappa shape index (κ3) is 5.98. The van der Waals surface area contributed by atoms with Crippen LogP contribution in [0.15, 0.2) is 12.2 Å². The molecule has 0 aliphatic carbocycles. The van der Waals surface area contributed by atoms with E-state index >= 15 is 0 Å². The molecule has 0 aliphatic heterocycles. The first kappa shape index (κ1) is 10.6. The minimum Gasteiger partial charge on any atom is -0.478 e. The van der Waals surface area contributed by atoms with Gasteiger partial charge in [-0.3, -0.25) is 0 Å². The Morgan fingerprint density at radius 2 is 2.27 bits per heavy atom. The predicted molar refractivity (Wildman–Crippen MR) is 49.0 cm³/mol. The summed E-state index contributed by atoms with van der Waals surface area (Å²) in [5.41, 5.74) is 0.297. The number of thioether (sulfide) groups is 1. The van der Waals surface area contributed by atoms with Gasteiger partial charge in [0, 0.05) is 11.3 Å². The molecule has 0 heterocycles. The lowest BCUT2D eigenvalue weighted by atomic mass is 10.4. The molecule has 0 aromatic carbocycles. The van der Waals surface area contributed by atoms with Crippen molar-refractivity contribution in [1.29, 1.82) is 0 Å². The molecule has 0 saturated carbocycles. The zero-order valence-electron chi connectivity index (χ0n) is 6.80. The fourth-order valence-corrected chi connectivity index (χ4v) is 1.51. The molecular weight excluding hydrogens is 160 g/mol. The maximum atomic E-state index is 10.3. The van der Waals surface area contributed by atoms with Crippen molar-refractivity contribution in [1.82, 2.24) is 0 Å². The summed E-state index contributed by atoms with van der Waals surface area (Å²) >= 11 is 1.63. The molecule has 3 heteroatoms. The monoisotopic (exact) mass is 174 g/mol. The van der Waals surface area contributed by atoms with Crippen LogP contribution in [0.25, 0.3) is 0 Å². The van der Waals surface area contributed by atoms with Crippen molar-refractivity contribution in [3.05, 3.63) is 12.2 Å². The normalized spacial score (nSPS) is 9.55. The molecule has 0 bridgehead atoms. The summed E-state index contributed by atoms with van der Waals surface area (Å²) < 4.78 is 0. The molecule has 0 radical (unpaired) electrons. The molecule has 11 heavy (non-hydrogen) atoms. The maximum Gasteiger partial charge on any atom is 0.331 e. The number of hydrogen-bond acceptors (Lipinski definition) is 2. The number of carbonyl (C=O) groups is 1. The van der Waals surface area contributed by atoms with Crippen molar-refractivity contribution in [2.75, 3.05) is 11.5 Å². The van der Waals surface area contributed by atoms with E-state index in [0.29, 0.717) is 11.3 Å². The van der Waals surface area contributed by atoms with Gasteiger partial charge in [0.1, 0.15) is 0 Å². The van der Waals surface area contributed by atoms with Crippen molar-refractivity contribution in [2.24, 2.45) is 0 Å². The zero-order valence-corrected chi connectivity index (χ0v) is 7.62. The molecular formula is C8H14O2S. The molecule has 0 rings (SSSR count). The standard InChI is InChI=1S/C8H14O2S/c1-3-4-5-11-6-7(2)8(9)10/h2-6H2,1H3,(H,9,10). The van der Waals surface area contributed by atoms with E-state index in [1.807, 2.05) is 0 Å². The van der Waals surface area contributed by atoms with Gasteiger partial charge in [0.15, 0.2) is 0 Å². The first-order valence-corrected chi connectivity index (χ1v) is 4.82. The van der Waals surface area contributed by atoms with Crippen molar-refractivity contribution in [3.8, 4) is 0 Å². The maximum absolute atomic E-state index is 10.3. The minimum atomic E-state index is -0.881. The summed E-state index contributed by atoms with van der Waals surface area (Å²) in [5.74, 6) is 0.701. The Hall–Kier alpha value is -0.440. The molecule has 1 N–H and O–H groups in total. The summed E-state index contributed by atoms with van der Waals surface area (Å²) in [4.78, 5) is 10.3. The average Bonchev–Trinajstić information content (AvgIpc) is 1.97. The average molecular weight is 174 g/mol. The molecule has 0 fully saturated rings. The molecule has 0 atom stereocenters. The van der Waals surface area contributed by atoms with Crippen LogP contribution >= 0.6 is 11.8 Å². The van der Waals surface area contributed by atoms with Crippen LogP contribution in [-0.2, 0) is 4.79 Å². The Balaban J connectivity index is 3.25. The topological polar surface area (TPSA) is 37.3 Å². The van der Waals surface area contributed by atoms with Gasteiger partial charge in [-0.15, -0.1) is 0 Å². The van der Waals surface area contributed by atoms with E-state index in [0.717, 1.165) is 18.6 Å². The Kier molecular flexibility index (Phi) is 6.03. The Bertz CT molecular complexity index is 143. The van der Waals surface area contributed by atoms with E-state index in [4.69, 9.17) is 5.11 Å². The molecule has 0 aliphatic rings. The second-order valence-electron chi connectivity index (χ2n) is 2.31. The van der Waals surface area contributed by atoms with Crippen LogP contribution in [0.1, 0.15) is 19.8 Å². The summed E-state index contributed by atoms with van der Waals surface area (Å²) in [5, 5.41) is 8.43. The van der Waals surface area contributed by atoms with E-state index in [-0.39, 0.29) is 0 Å². The molecule has 0 amide bonds. The lowest BCUT2D eigenvalue weighted by Gasteiger charge is -1.98. The Morgan fingerprint density at radius 3 is 2.73 bits per heavy atom. The van der Waals surface area contributed by atoms with Crippen molar-refractivity contribution in [2.45, 2.75) is 19.8 Å². The number of hydrogen-bond donors (Lipinski definition) is 1. The zero-order chi connectivity index (χ0) is 8.69. The van der Waals surface area contributed by atoms with Gasteiger partial charge in [-0.1, -0.05) is 19.9 Å². The summed E-state index contributed by atoms with van der Waals surface area (Å²) in [6.45, 7) is 5.55. The fraction of sp³-hybridized carbons (Fsp3) is 0.625. The van der Waals surface area contributed by atoms with Crippen LogP contribution in [0.2, 0.25) is 0 Å². The van der Waals surface area contributed by atoms with Gasteiger partial charge in [0.2, 0.25) is 0 Å². The van der Waals surface area contributed by atoms with Crippen molar-refractivity contribution >= 4 is 17.7 Å². The first-order chi connectivity index (χ1) is 5.18. The Morgan fingerprint density at radius 1 is 1.64 bits per heavy atom. The van der Waals surface area contributed by atoms with Crippen molar-refractivity contribution < 1.29 is 9.90 Å². The van der Waals surface area contributed by atoms with Gasteiger partial charge in [-0.25, -0.2) is 4.79 Å². The molecule has 64 valence electrons. The number of carboxylic acids is 1. The van der Waals surface area contributed by atoms with Gasteiger partial charge < -0.3 is 5.11 Å². The number of rotatable bonds is 6. The minimum absolute atomic E-state index is 0.297. The molecule has 0 unspecified atom stereocenters. The van der Waals surface area contributed by atoms with Gasteiger partial charge in [0.05, 0.1) is 0 Å². The van der Waals surface area contributed by atoms with Gasteiger partial charge in [-0.2, -0.15) is 11.8 Å². The van der Waals surface area contributed by atoms with Crippen LogP contribution in [0, 0.1) is 0 Å². The highest BCUT2D eigenvalue weighted by Crippen LogP contribution is 2.08. The smallest absolute Gasteiger partial charge is 0.331 e. The number of carboxylic acid groups (broad SMARTS) is 1. The number of aliphatic carboxylic acids is 1. The van der Waals surface area contributed by atoms with Crippen LogP contribution in [0.5, 0.6) is 0 Å². The van der Waals surface area contributed by atoms with Crippen molar-refractivity contribution in [3.63, 3.8) is 0 Å². The lowest BCUT2D eigenvalue weighted by Crippen LogP contribution is -2.01. The van der Waals surface area contributed by atoms with Gasteiger partial charge in [-0.05, 0) is 12.2 Å². The molecule has 0 aromatic rings. The third-order valence-electron chi connectivity index (χ3n) is 1.22. The molecule has 0 aromatic heterocycles. The molecule has 2 nitrogen and oxygen atoms in total. The fourth-order valence-electron chi connectivity index (χ4n) is 0.504. The predicted octanol–water partition coefficient (Wildman–Crippen LogP) is 2.16. The van der Waals surface area contributed by atoms with Crippen LogP contribution in [0.3, 0.4) is 0 Å². The second kappa shape index (κ2) is 6.28. The third-order valence-corrected chi connectivity index (χ3v) is 2.35. The van der Waals surface area contributed by atoms with E-state index in [1.54, 1.807) is 11.8 Å². The molecule has 0 saturated heterocycles. The Labute approximate surface area is 71.7 Å². The summed E-state index contributed by atoms with van der Waals surface area (Å²) in [6.07, 6.45) is 2.31. The van der Waals surface area contributed by atoms with E-state index in [9.17, 15) is 4.79 Å². The van der Waals surface area contributed by atoms with E-state index in [2.05, 4.69) is 13.5 Å². The second-order valence-corrected chi connectivity index (χ2v) is 3.42. The summed E-state index contributed by atoms with van der Waals surface area (Å²) in [6, 6.07) is 0. The lowest BCUT2D eigenvalue weighted by molar-refractivity contribution is -0.132. The van der Waals surface area contributed by atoms with Crippen LogP contribution in [0.4, 0.5) is 0 Å². The highest BCUT2D eigenvalue weighted by atomic mass is 32.2. The number of unbranched alkanes of at least 4 members (excludes halogenated alkanes) is 1. The van der Waals surface area contributed by atoms with Gasteiger partial charge >= 0.3 is 5.97 Å².